The summed E-state index contributed by atoms with van der Waals surface area (Å²) in [5.74, 6) is 0.525. The zero-order valence-electron chi connectivity index (χ0n) is 7.21. The Hall–Kier alpha value is -0.310. The lowest BCUT2D eigenvalue weighted by atomic mass is 10.4. The van der Waals surface area contributed by atoms with E-state index in [4.69, 9.17) is 0 Å². The van der Waals surface area contributed by atoms with Gasteiger partial charge in [-0.05, 0) is 13.3 Å². The Bertz CT molecular complexity index is 202. The fraction of sp³-hybridized carbons (Fsp3) is 0.750. The maximum absolute atomic E-state index is 11.1. The predicted molar refractivity (Wildman–Crippen MR) is 48.4 cm³/mol. The maximum atomic E-state index is 11.1. The minimum Gasteiger partial charge on any atom is -0.229 e. The van der Waals surface area contributed by atoms with Gasteiger partial charge in [-0.25, -0.2) is 8.42 Å². The summed E-state index contributed by atoms with van der Waals surface area (Å²) in [6.45, 7) is 3.82. The fourth-order valence-electron chi connectivity index (χ4n) is 0.690. The lowest BCUT2D eigenvalue weighted by Crippen LogP contribution is -2.08. The summed E-state index contributed by atoms with van der Waals surface area (Å²) >= 11 is 0. The first-order valence-electron chi connectivity index (χ1n) is 3.94. The van der Waals surface area contributed by atoms with Crippen LogP contribution in [0.1, 0.15) is 26.7 Å². The molecule has 0 bridgehead atoms. The van der Waals surface area contributed by atoms with E-state index in [1.54, 1.807) is 12.2 Å². The van der Waals surface area contributed by atoms with Crippen molar-refractivity contribution in [1.82, 2.24) is 0 Å². The molecule has 0 atom stereocenters. The average Bonchev–Trinajstić information content (AvgIpc) is 1.97. The van der Waals surface area contributed by atoms with Gasteiger partial charge in [0.15, 0.2) is 9.84 Å². The summed E-state index contributed by atoms with van der Waals surface area (Å²) in [5.41, 5.74) is 0. The standard InChI is InChI=1S/C8H16O2S/c1-3-5-7-11(9,10)8-6-4-2/h3,5H,4,6-8H2,1-2H3/b5-3+. The first kappa shape index (κ1) is 10.7. The van der Waals surface area contributed by atoms with E-state index in [0.29, 0.717) is 5.75 Å². The summed E-state index contributed by atoms with van der Waals surface area (Å²) in [5, 5.41) is 0. The van der Waals surface area contributed by atoms with E-state index in [2.05, 4.69) is 0 Å². The van der Waals surface area contributed by atoms with Gasteiger partial charge in [-0.1, -0.05) is 25.5 Å². The Morgan fingerprint density at radius 3 is 2.45 bits per heavy atom. The van der Waals surface area contributed by atoms with Crippen LogP contribution in [0.3, 0.4) is 0 Å². The zero-order valence-corrected chi connectivity index (χ0v) is 8.02. The van der Waals surface area contributed by atoms with Gasteiger partial charge < -0.3 is 0 Å². The van der Waals surface area contributed by atoms with Crippen molar-refractivity contribution < 1.29 is 8.42 Å². The molecule has 2 nitrogen and oxygen atoms in total. The molecule has 0 radical (unpaired) electrons. The molecule has 0 aromatic rings. The molecule has 0 unspecified atom stereocenters. The van der Waals surface area contributed by atoms with Crippen molar-refractivity contribution in [2.75, 3.05) is 11.5 Å². The molecule has 0 N–H and O–H groups in total. The molecule has 0 rings (SSSR count). The van der Waals surface area contributed by atoms with Crippen LogP contribution >= 0.6 is 0 Å². The highest BCUT2D eigenvalue weighted by molar-refractivity contribution is 7.91. The van der Waals surface area contributed by atoms with Crippen molar-refractivity contribution in [3.63, 3.8) is 0 Å². The lowest BCUT2D eigenvalue weighted by molar-refractivity contribution is 0.595. The SMILES string of the molecule is C/C=C/CS(=O)(=O)CCCC. The van der Waals surface area contributed by atoms with Crippen LogP contribution in [0, 0.1) is 0 Å². The van der Waals surface area contributed by atoms with Gasteiger partial charge in [-0.15, -0.1) is 0 Å². The van der Waals surface area contributed by atoms with Crippen LogP contribution in [0.2, 0.25) is 0 Å². The number of unbranched alkanes of at least 4 members (excludes halogenated alkanes) is 1. The second-order valence-corrected chi connectivity index (χ2v) is 4.77. The molecule has 11 heavy (non-hydrogen) atoms. The Labute approximate surface area is 69.2 Å². The van der Waals surface area contributed by atoms with Crippen molar-refractivity contribution in [3.05, 3.63) is 12.2 Å². The first-order chi connectivity index (χ1) is 5.12. The quantitative estimate of drug-likeness (QED) is 0.598. The van der Waals surface area contributed by atoms with Crippen LogP contribution in [0.25, 0.3) is 0 Å². The van der Waals surface area contributed by atoms with Gasteiger partial charge >= 0.3 is 0 Å². The van der Waals surface area contributed by atoms with Gasteiger partial charge in [-0.2, -0.15) is 0 Å². The van der Waals surface area contributed by atoms with E-state index in [9.17, 15) is 8.42 Å². The van der Waals surface area contributed by atoms with Crippen molar-refractivity contribution in [1.29, 1.82) is 0 Å². The van der Waals surface area contributed by atoms with Crippen LogP contribution in [0.4, 0.5) is 0 Å². The fourth-order valence-corrected chi connectivity index (χ4v) is 2.07. The predicted octanol–water partition coefficient (Wildman–Crippen LogP) is 1.78. The molecule has 0 fully saturated rings. The maximum Gasteiger partial charge on any atom is 0.153 e. The smallest absolute Gasteiger partial charge is 0.153 e. The third-order valence-corrected chi connectivity index (χ3v) is 3.01. The third-order valence-electron chi connectivity index (χ3n) is 1.39. The Morgan fingerprint density at radius 1 is 1.36 bits per heavy atom. The van der Waals surface area contributed by atoms with Crippen LogP contribution in [-0.2, 0) is 9.84 Å². The molecule has 0 aromatic carbocycles. The number of hydrogen-bond donors (Lipinski definition) is 0. The van der Waals surface area contributed by atoms with Crippen LogP contribution in [-0.4, -0.2) is 19.9 Å². The van der Waals surface area contributed by atoms with Crippen LogP contribution in [0.15, 0.2) is 12.2 Å². The Balaban J connectivity index is 3.82. The third kappa shape index (κ3) is 6.10. The highest BCUT2D eigenvalue weighted by Gasteiger charge is 2.05. The van der Waals surface area contributed by atoms with E-state index in [-0.39, 0.29) is 5.75 Å². The number of sulfone groups is 1. The van der Waals surface area contributed by atoms with E-state index in [1.807, 2.05) is 13.8 Å². The summed E-state index contributed by atoms with van der Waals surface area (Å²) < 4.78 is 22.2. The monoisotopic (exact) mass is 176 g/mol. The van der Waals surface area contributed by atoms with Gasteiger partial charge in [0.25, 0.3) is 0 Å². The average molecular weight is 176 g/mol. The molecule has 0 saturated heterocycles. The Kier molecular flexibility index (Phi) is 5.20. The second-order valence-electron chi connectivity index (χ2n) is 2.54. The van der Waals surface area contributed by atoms with Crippen molar-refractivity contribution >= 4 is 9.84 Å². The lowest BCUT2D eigenvalue weighted by Gasteiger charge is -1.97. The molecule has 66 valence electrons. The molecule has 0 saturated carbocycles. The topological polar surface area (TPSA) is 34.1 Å². The molecular formula is C8H16O2S. The molecule has 0 aliphatic heterocycles. The van der Waals surface area contributed by atoms with E-state index >= 15 is 0 Å². The normalized spacial score (nSPS) is 12.5. The molecule has 0 aliphatic rings. The summed E-state index contributed by atoms with van der Waals surface area (Å²) in [7, 11) is -2.79. The molecule has 3 heteroatoms. The van der Waals surface area contributed by atoms with E-state index in [1.165, 1.54) is 0 Å². The first-order valence-corrected chi connectivity index (χ1v) is 5.76. The van der Waals surface area contributed by atoms with E-state index < -0.39 is 9.84 Å². The summed E-state index contributed by atoms with van der Waals surface area (Å²) in [4.78, 5) is 0. The minimum absolute atomic E-state index is 0.198. The highest BCUT2D eigenvalue weighted by Crippen LogP contribution is 1.97. The number of allylic oxidation sites excluding steroid dienone is 1. The second kappa shape index (κ2) is 5.35. The van der Waals surface area contributed by atoms with Gasteiger partial charge in [0, 0.05) is 0 Å². The van der Waals surface area contributed by atoms with E-state index in [0.717, 1.165) is 12.8 Å². The highest BCUT2D eigenvalue weighted by atomic mass is 32.2. The van der Waals surface area contributed by atoms with Crippen molar-refractivity contribution in [2.24, 2.45) is 0 Å². The molecular weight excluding hydrogens is 160 g/mol. The molecule has 0 aliphatic carbocycles. The van der Waals surface area contributed by atoms with Crippen molar-refractivity contribution in [3.8, 4) is 0 Å². The van der Waals surface area contributed by atoms with Gasteiger partial charge in [0.2, 0.25) is 0 Å². The van der Waals surface area contributed by atoms with Gasteiger partial charge in [0.1, 0.15) is 0 Å². The molecule has 0 spiro atoms. The summed E-state index contributed by atoms with van der Waals surface area (Å²) in [6.07, 6.45) is 5.17. The zero-order chi connectivity index (χ0) is 8.74. The minimum atomic E-state index is -2.79. The molecule has 0 aromatic heterocycles. The van der Waals surface area contributed by atoms with Gasteiger partial charge in [-0.3, -0.25) is 0 Å². The molecule has 0 heterocycles. The van der Waals surface area contributed by atoms with Crippen molar-refractivity contribution in [2.45, 2.75) is 26.7 Å². The van der Waals surface area contributed by atoms with Gasteiger partial charge in [0.05, 0.1) is 11.5 Å². The number of hydrogen-bond acceptors (Lipinski definition) is 2. The summed E-state index contributed by atoms with van der Waals surface area (Å²) in [6, 6.07) is 0. The molecule has 0 amide bonds. The largest absolute Gasteiger partial charge is 0.229 e. The van der Waals surface area contributed by atoms with Crippen LogP contribution < -0.4 is 0 Å². The van der Waals surface area contributed by atoms with Crippen LogP contribution in [0.5, 0.6) is 0 Å². The number of rotatable bonds is 5. The Morgan fingerprint density at radius 2 is 2.00 bits per heavy atom.